The van der Waals surface area contributed by atoms with Crippen LogP contribution in [-0.4, -0.2) is 25.6 Å². The molecule has 0 unspecified atom stereocenters. The molecule has 1 aliphatic heterocycles. The molecule has 0 bridgehead atoms. The van der Waals surface area contributed by atoms with Crippen molar-refractivity contribution in [3.05, 3.63) is 56.9 Å². The number of nitrogens with one attached hydrogen (secondary N) is 2. The number of rotatable bonds is 6. The van der Waals surface area contributed by atoms with Gasteiger partial charge in [0.15, 0.2) is 5.50 Å². The van der Waals surface area contributed by atoms with Crippen molar-refractivity contribution in [1.29, 1.82) is 0 Å². The van der Waals surface area contributed by atoms with Gasteiger partial charge in [-0.05, 0) is 52.2 Å². The molecular formula is C20H21BrN2O3S. The van der Waals surface area contributed by atoms with Crippen molar-refractivity contribution in [1.82, 2.24) is 5.32 Å². The topological polar surface area (TPSA) is 59.6 Å². The molecule has 5 nitrogen and oxygen atoms in total. The van der Waals surface area contributed by atoms with Gasteiger partial charge in [-0.1, -0.05) is 30.8 Å². The molecule has 1 aliphatic rings. The number of carbonyl (C=O) groups is 1. The smallest absolute Gasteiger partial charge is 0.260 e. The van der Waals surface area contributed by atoms with Crippen LogP contribution in [0.1, 0.15) is 18.1 Å². The Morgan fingerprint density at radius 1 is 1.19 bits per heavy atom. The first-order valence-electron chi connectivity index (χ1n) is 8.50. The average molecular weight is 449 g/mol. The molecule has 0 radical (unpaired) electrons. The fraction of sp³-hybridized carbons (Fsp3) is 0.250. The van der Waals surface area contributed by atoms with Crippen molar-refractivity contribution < 1.29 is 14.3 Å². The van der Waals surface area contributed by atoms with Gasteiger partial charge in [0.05, 0.1) is 23.6 Å². The third kappa shape index (κ3) is 4.59. The van der Waals surface area contributed by atoms with Crippen LogP contribution < -0.4 is 20.1 Å². The highest BCUT2D eigenvalue weighted by Gasteiger charge is 2.27. The minimum absolute atomic E-state index is 0.114. The molecule has 1 fully saturated rings. The number of benzene rings is 2. The minimum atomic E-state index is -0.219. The average Bonchev–Trinajstić information content (AvgIpc) is 3.01. The number of amides is 1. The number of ether oxygens (including phenoxy) is 2. The predicted octanol–water partition coefficient (Wildman–Crippen LogP) is 4.63. The monoisotopic (exact) mass is 448 g/mol. The first-order valence-corrected chi connectivity index (χ1v) is 10.2. The van der Waals surface area contributed by atoms with Gasteiger partial charge < -0.3 is 20.1 Å². The Balaban J connectivity index is 1.77. The largest absolute Gasteiger partial charge is 0.496 e. The van der Waals surface area contributed by atoms with Crippen molar-refractivity contribution >= 4 is 45.4 Å². The summed E-state index contributed by atoms with van der Waals surface area (Å²) < 4.78 is 11.5. The molecule has 2 aromatic rings. The summed E-state index contributed by atoms with van der Waals surface area (Å²) in [5, 5.41) is 6.27. The Morgan fingerprint density at radius 3 is 2.52 bits per heavy atom. The molecule has 0 saturated carbocycles. The van der Waals surface area contributed by atoms with Crippen LogP contribution in [0.5, 0.6) is 11.5 Å². The molecule has 2 N–H and O–H groups in total. The molecule has 142 valence electrons. The molecule has 27 heavy (non-hydrogen) atoms. The first kappa shape index (κ1) is 19.6. The van der Waals surface area contributed by atoms with Crippen LogP contribution in [0.3, 0.4) is 0 Å². The third-order valence-corrected chi connectivity index (χ3v) is 5.83. The Morgan fingerprint density at radius 2 is 1.89 bits per heavy atom. The van der Waals surface area contributed by atoms with Crippen LogP contribution in [0.25, 0.3) is 6.08 Å². The van der Waals surface area contributed by atoms with Crippen molar-refractivity contribution in [3.63, 3.8) is 0 Å². The number of aryl methyl sites for hydroxylation is 1. The van der Waals surface area contributed by atoms with E-state index in [0.717, 1.165) is 22.1 Å². The number of hydrogen-bond acceptors (Lipinski definition) is 5. The fourth-order valence-corrected chi connectivity index (χ4v) is 4.19. The van der Waals surface area contributed by atoms with E-state index in [1.165, 1.54) is 17.3 Å². The quantitative estimate of drug-likeness (QED) is 0.630. The third-order valence-electron chi connectivity index (χ3n) is 4.18. The van der Waals surface area contributed by atoms with E-state index in [1.54, 1.807) is 20.3 Å². The van der Waals surface area contributed by atoms with Gasteiger partial charge in [-0.15, -0.1) is 0 Å². The van der Waals surface area contributed by atoms with Crippen LogP contribution >= 0.6 is 27.7 Å². The Kier molecular flexibility index (Phi) is 6.34. The maximum atomic E-state index is 12.4. The summed E-state index contributed by atoms with van der Waals surface area (Å²) in [4.78, 5) is 13.0. The molecule has 7 heteroatoms. The zero-order valence-electron chi connectivity index (χ0n) is 15.3. The lowest BCUT2D eigenvalue weighted by atomic mass is 10.1. The lowest BCUT2D eigenvalue weighted by Gasteiger charge is -2.13. The Hall–Kier alpha value is -2.12. The molecule has 2 aromatic carbocycles. The maximum Gasteiger partial charge on any atom is 0.260 e. The standard InChI is InChI=1S/C20H21BrN2O3S/c1-4-12-5-7-14(8-6-12)22-20-23-19(24)18(27-20)10-13-9-15(21)17(26-3)11-16(13)25-2/h5-11,20,22H,4H2,1-3H3,(H,23,24)/b18-10-/t20-/m1/s1. The molecule has 3 rings (SSSR count). The molecule has 1 heterocycles. The molecule has 0 aromatic heterocycles. The van der Waals surface area contributed by atoms with Gasteiger partial charge in [-0.25, -0.2) is 0 Å². The minimum Gasteiger partial charge on any atom is -0.496 e. The molecular weight excluding hydrogens is 428 g/mol. The van der Waals surface area contributed by atoms with E-state index in [-0.39, 0.29) is 11.4 Å². The zero-order chi connectivity index (χ0) is 19.4. The highest BCUT2D eigenvalue weighted by atomic mass is 79.9. The van der Waals surface area contributed by atoms with Crippen LogP contribution in [0, 0.1) is 0 Å². The highest BCUT2D eigenvalue weighted by molar-refractivity contribution is 9.10. The van der Waals surface area contributed by atoms with Gasteiger partial charge in [-0.3, -0.25) is 4.79 Å². The molecule has 0 aliphatic carbocycles. The van der Waals surface area contributed by atoms with Gasteiger partial charge in [0.25, 0.3) is 5.91 Å². The van der Waals surface area contributed by atoms with E-state index in [9.17, 15) is 4.79 Å². The number of halogens is 1. The molecule has 1 atom stereocenters. The predicted molar refractivity (Wildman–Crippen MR) is 114 cm³/mol. The summed E-state index contributed by atoms with van der Waals surface area (Å²) in [6.07, 6.45) is 2.83. The van der Waals surface area contributed by atoms with E-state index < -0.39 is 0 Å². The highest BCUT2D eigenvalue weighted by Crippen LogP contribution is 2.37. The summed E-state index contributed by atoms with van der Waals surface area (Å²) in [6.45, 7) is 2.12. The fourth-order valence-electron chi connectivity index (χ4n) is 2.69. The van der Waals surface area contributed by atoms with Gasteiger partial charge >= 0.3 is 0 Å². The lowest BCUT2D eigenvalue weighted by molar-refractivity contribution is -0.116. The molecule has 1 saturated heterocycles. The van der Waals surface area contributed by atoms with Crippen molar-refractivity contribution in [2.45, 2.75) is 18.8 Å². The van der Waals surface area contributed by atoms with E-state index in [0.29, 0.717) is 16.4 Å². The van der Waals surface area contributed by atoms with Crippen LogP contribution in [-0.2, 0) is 11.2 Å². The zero-order valence-corrected chi connectivity index (χ0v) is 17.7. The van der Waals surface area contributed by atoms with Gasteiger partial charge in [0.1, 0.15) is 11.5 Å². The lowest BCUT2D eigenvalue weighted by Crippen LogP contribution is -2.30. The SMILES string of the molecule is CCc1ccc(N[C@@H]2NC(=O)/C(=C/c3cc(Br)c(OC)cc3OC)S2)cc1. The van der Waals surface area contributed by atoms with Crippen LogP contribution in [0.4, 0.5) is 5.69 Å². The molecule has 1 amide bonds. The van der Waals surface area contributed by atoms with E-state index in [4.69, 9.17) is 9.47 Å². The number of carbonyl (C=O) groups excluding carboxylic acids is 1. The second-order valence-electron chi connectivity index (χ2n) is 5.90. The summed E-state index contributed by atoms with van der Waals surface area (Å²) in [5.41, 5.74) is 2.83. The number of methoxy groups -OCH3 is 2. The summed E-state index contributed by atoms with van der Waals surface area (Å²) in [6, 6.07) is 11.9. The number of hydrogen-bond donors (Lipinski definition) is 2. The van der Waals surface area contributed by atoms with Gasteiger partial charge in [0.2, 0.25) is 0 Å². The Bertz CT molecular complexity index is 868. The second kappa shape index (κ2) is 8.71. The van der Waals surface area contributed by atoms with Crippen LogP contribution in [0.2, 0.25) is 0 Å². The summed E-state index contributed by atoms with van der Waals surface area (Å²) in [5.74, 6) is 1.20. The summed E-state index contributed by atoms with van der Waals surface area (Å²) >= 11 is 4.91. The molecule has 0 spiro atoms. The second-order valence-corrected chi connectivity index (χ2v) is 7.90. The van der Waals surface area contributed by atoms with Crippen molar-refractivity contribution in [2.24, 2.45) is 0 Å². The summed E-state index contributed by atoms with van der Waals surface area (Å²) in [7, 11) is 3.19. The van der Waals surface area contributed by atoms with Crippen molar-refractivity contribution in [3.8, 4) is 11.5 Å². The normalized spacial score (nSPS) is 17.7. The van der Waals surface area contributed by atoms with Crippen LogP contribution in [0.15, 0.2) is 45.8 Å². The number of thioether (sulfide) groups is 1. The van der Waals surface area contributed by atoms with E-state index in [2.05, 4.69) is 45.6 Å². The number of anilines is 1. The van der Waals surface area contributed by atoms with E-state index in [1.807, 2.05) is 24.3 Å². The van der Waals surface area contributed by atoms with E-state index >= 15 is 0 Å². The maximum absolute atomic E-state index is 12.4. The Labute approximate surface area is 171 Å². The first-order chi connectivity index (χ1) is 13.0. The van der Waals surface area contributed by atoms with Crippen molar-refractivity contribution in [2.75, 3.05) is 19.5 Å². The van der Waals surface area contributed by atoms with Gasteiger partial charge in [0, 0.05) is 17.3 Å². The van der Waals surface area contributed by atoms with Gasteiger partial charge in [-0.2, -0.15) is 0 Å².